The molecule has 0 radical (unpaired) electrons. The van der Waals surface area contributed by atoms with E-state index < -0.39 is 0 Å². The fourth-order valence-electron chi connectivity index (χ4n) is 0.844. The minimum absolute atomic E-state index is 0.384. The minimum atomic E-state index is 0.384. The Labute approximate surface area is 121 Å². The van der Waals surface area contributed by atoms with E-state index in [1.807, 2.05) is 50.6 Å². The topological polar surface area (TPSA) is 17.8 Å². The second-order valence-corrected chi connectivity index (χ2v) is 4.03. The molecule has 1 rings (SSSR count). The molecular formula is C15H25N2V-. The normalized spacial score (nSPS) is 9.22. The van der Waals surface area contributed by atoms with Crippen LogP contribution in [-0.2, 0) is 17.0 Å². The van der Waals surface area contributed by atoms with Crippen LogP contribution in [0, 0.1) is 12.5 Å². The van der Waals surface area contributed by atoms with Gasteiger partial charge in [-0.15, -0.1) is 0 Å². The maximum atomic E-state index is 5.80. The van der Waals surface area contributed by atoms with Crippen molar-refractivity contribution in [1.82, 2.24) is 9.55 Å². The zero-order valence-corrected chi connectivity index (χ0v) is 13.8. The van der Waals surface area contributed by atoms with E-state index in [1.165, 1.54) is 0 Å². The summed E-state index contributed by atoms with van der Waals surface area (Å²) in [6, 6.07) is 0. The van der Waals surface area contributed by atoms with Crippen LogP contribution in [0.15, 0.2) is 36.4 Å². The van der Waals surface area contributed by atoms with Gasteiger partial charge in [-0.1, -0.05) is 27.7 Å². The summed E-state index contributed by atoms with van der Waals surface area (Å²) in [5, 5.41) is 0. The Morgan fingerprint density at radius 3 is 2.17 bits per heavy atom. The summed E-state index contributed by atoms with van der Waals surface area (Å²) >= 11 is 2.49. The fraction of sp³-hybridized carbons (Fsp3) is 0.467. The average molecular weight is 284 g/mol. The number of hydrogen-bond acceptors (Lipinski definition) is 1. The number of allylic oxidation sites excluding steroid dienone is 3. The second-order valence-electron chi connectivity index (χ2n) is 3.32. The number of aromatic nitrogens is 2. The molecule has 3 heteroatoms. The number of imidazole rings is 1. The van der Waals surface area contributed by atoms with Crippen molar-refractivity contribution in [2.45, 2.75) is 41.5 Å². The molecule has 0 spiro atoms. The van der Waals surface area contributed by atoms with E-state index in [1.54, 1.807) is 12.5 Å². The predicted molar refractivity (Wildman–Crippen MR) is 77.1 cm³/mol. The van der Waals surface area contributed by atoms with Gasteiger partial charge in [0.15, 0.2) is 0 Å². The molecule has 0 aliphatic heterocycles. The molecule has 0 fully saturated rings. The van der Waals surface area contributed by atoms with Crippen molar-refractivity contribution in [2.75, 3.05) is 0 Å². The zero-order valence-electron chi connectivity index (χ0n) is 12.4. The first-order valence-corrected chi connectivity index (χ1v) is 7.15. The molecule has 0 aliphatic rings. The molecule has 0 N–H and O–H groups in total. The first-order chi connectivity index (χ1) is 8.61. The number of hydrogen-bond donors (Lipinski definition) is 0. The molecule has 0 amide bonds. The Kier molecular flexibility index (Phi) is 13.6. The van der Waals surface area contributed by atoms with E-state index >= 15 is 0 Å². The molecule has 0 saturated carbocycles. The van der Waals surface area contributed by atoms with Crippen molar-refractivity contribution in [2.24, 2.45) is 5.92 Å². The van der Waals surface area contributed by atoms with Gasteiger partial charge in [-0.25, -0.2) is 0 Å². The van der Waals surface area contributed by atoms with Crippen LogP contribution < -0.4 is 0 Å². The summed E-state index contributed by atoms with van der Waals surface area (Å²) < 4.78 is 2.96. The zero-order chi connectivity index (χ0) is 14.6. The molecular weight excluding hydrogens is 259 g/mol. The Morgan fingerprint density at radius 1 is 1.22 bits per heavy atom. The first-order valence-electron chi connectivity index (χ1n) is 6.46. The summed E-state index contributed by atoms with van der Waals surface area (Å²) in [6.45, 7) is 17.9. The van der Waals surface area contributed by atoms with Gasteiger partial charge in [-0.05, 0) is 0 Å². The fourth-order valence-corrected chi connectivity index (χ4v) is 1.15. The molecule has 1 aromatic rings. The maximum absolute atomic E-state index is 5.80. The molecule has 101 valence electrons. The van der Waals surface area contributed by atoms with Gasteiger partial charge in [-0.2, -0.15) is 0 Å². The molecule has 0 atom stereocenters. The van der Waals surface area contributed by atoms with Crippen LogP contribution in [0.3, 0.4) is 0 Å². The Morgan fingerprint density at radius 2 is 1.78 bits per heavy atom. The van der Waals surface area contributed by atoms with Crippen molar-refractivity contribution in [3.8, 4) is 0 Å². The van der Waals surface area contributed by atoms with Gasteiger partial charge < -0.3 is 0 Å². The van der Waals surface area contributed by atoms with Gasteiger partial charge >= 0.3 is 93.7 Å². The molecule has 0 unspecified atom stereocenters. The SMILES string of the molecule is CC.CC.[CH-]=C(C=C[C](=[V])n1ccnc1)C(C)C. The van der Waals surface area contributed by atoms with E-state index in [0.29, 0.717) is 5.92 Å². The van der Waals surface area contributed by atoms with E-state index in [0.717, 1.165) is 9.92 Å². The van der Waals surface area contributed by atoms with Gasteiger partial charge in [0.2, 0.25) is 0 Å². The third-order valence-electron chi connectivity index (χ3n) is 1.86. The standard InChI is InChI=1S/C11H13N2.2C2H6.V/c1-10(2)11(3)5-4-7-13-8-6-12-9-13;2*1-2;/h3-6,8-10H,1-2H3;2*1-2H3;/q-1;;;. The van der Waals surface area contributed by atoms with Crippen molar-refractivity contribution in [3.05, 3.63) is 43.0 Å². The predicted octanol–water partition coefficient (Wildman–Crippen LogP) is 4.03. The van der Waals surface area contributed by atoms with E-state index in [-0.39, 0.29) is 0 Å². The molecule has 0 aliphatic carbocycles. The van der Waals surface area contributed by atoms with Crippen molar-refractivity contribution in [1.29, 1.82) is 0 Å². The summed E-state index contributed by atoms with van der Waals surface area (Å²) in [5.41, 5.74) is 0.883. The van der Waals surface area contributed by atoms with Crippen LogP contribution in [0.4, 0.5) is 0 Å². The molecule has 0 aromatic carbocycles. The van der Waals surface area contributed by atoms with Crippen LogP contribution in [-0.4, -0.2) is 13.9 Å². The van der Waals surface area contributed by atoms with Crippen molar-refractivity contribution in [3.63, 3.8) is 0 Å². The van der Waals surface area contributed by atoms with E-state index in [9.17, 15) is 0 Å². The van der Waals surface area contributed by atoms with Gasteiger partial charge in [0.05, 0.1) is 0 Å². The van der Waals surface area contributed by atoms with Gasteiger partial charge in [-0.3, -0.25) is 0 Å². The first kappa shape index (κ1) is 19.5. The monoisotopic (exact) mass is 284 g/mol. The molecule has 1 aromatic heterocycles. The Balaban J connectivity index is 0. The number of rotatable bonds is 4. The van der Waals surface area contributed by atoms with E-state index in [4.69, 9.17) is 6.58 Å². The van der Waals surface area contributed by atoms with Crippen LogP contribution in [0.1, 0.15) is 41.5 Å². The quantitative estimate of drug-likeness (QED) is 0.603. The van der Waals surface area contributed by atoms with Crippen LogP contribution >= 0.6 is 0 Å². The molecule has 1 heterocycles. The average Bonchev–Trinajstić information content (AvgIpc) is 2.94. The second kappa shape index (κ2) is 12.6. The van der Waals surface area contributed by atoms with Gasteiger partial charge in [0.25, 0.3) is 0 Å². The van der Waals surface area contributed by atoms with E-state index in [2.05, 4.69) is 35.8 Å². The molecule has 2 nitrogen and oxygen atoms in total. The summed E-state index contributed by atoms with van der Waals surface area (Å²) in [6.07, 6.45) is 9.29. The van der Waals surface area contributed by atoms with Crippen LogP contribution in [0.5, 0.6) is 0 Å². The van der Waals surface area contributed by atoms with Crippen molar-refractivity contribution >= 4 is 4.35 Å². The summed E-state index contributed by atoms with van der Waals surface area (Å²) in [7, 11) is 0. The van der Waals surface area contributed by atoms with Gasteiger partial charge in [0.1, 0.15) is 0 Å². The molecule has 0 saturated heterocycles. The summed E-state index contributed by atoms with van der Waals surface area (Å²) in [5.74, 6) is 0.384. The third kappa shape index (κ3) is 8.27. The number of nitrogens with zero attached hydrogens (tertiary/aromatic N) is 2. The Bertz CT molecular complexity index is 349. The Hall–Kier alpha value is -0.856. The summed E-state index contributed by atoms with van der Waals surface area (Å²) in [4.78, 5) is 3.97. The van der Waals surface area contributed by atoms with Gasteiger partial charge in [0, 0.05) is 0 Å². The van der Waals surface area contributed by atoms with Crippen molar-refractivity contribution < 1.29 is 17.0 Å². The van der Waals surface area contributed by atoms with Crippen LogP contribution in [0.25, 0.3) is 0 Å². The molecule has 18 heavy (non-hydrogen) atoms. The molecule has 0 bridgehead atoms. The van der Waals surface area contributed by atoms with Crippen LogP contribution in [0.2, 0.25) is 0 Å². The third-order valence-corrected chi connectivity index (χ3v) is 2.45.